The van der Waals surface area contributed by atoms with Crippen molar-refractivity contribution in [3.8, 4) is 0 Å². The molecule has 2 aliphatic rings. The summed E-state index contributed by atoms with van der Waals surface area (Å²) in [7, 11) is 0. The monoisotopic (exact) mass is 331 g/mol. The molecule has 2 fully saturated rings. The second-order valence-electron chi connectivity index (χ2n) is 6.46. The first-order valence-electron chi connectivity index (χ1n) is 8.38. The lowest BCUT2D eigenvalue weighted by molar-refractivity contribution is -0.127. The van der Waals surface area contributed by atoms with E-state index in [1.54, 1.807) is 11.3 Å². The Kier molecular flexibility index (Phi) is 3.85. The number of thiophene rings is 1. The highest BCUT2D eigenvalue weighted by Gasteiger charge is 2.24. The molecule has 4 rings (SSSR count). The van der Waals surface area contributed by atoms with Gasteiger partial charge in [-0.05, 0) is 31.7 Å². The van der Waals surface area contributed by atoms with Gasteiger partial charge >= 0.3 is 0 Å². The highest BCUT2D eigenvalue weighted by Crippen LogP contribution is 2.38. The zero-order valence-electron chi connectivity index (χ0n) is 13.1. The summed E-state index contributed by atoms with van der Waals surface area (Å²) in [5.74, 6) is 0.245. The van der Waals surface area contributed by atoms with Crippen molar-refractivity contribution in [2.75, 3.05) is 19.6 Å². The molecule has 23 heavy (non-hydrogen) atoms. The van der Waals surface area contributed by atoms with Crippen molar-refractivity contribution < 1.29 is 9.59 Å². The Bertz CT molecular complexity index is 713. The Morgan fingerprint density at radius 2 is 2.22 bits per heavy atom. The van der Waals surface area contributed by atoms with E-state index >= 15 is 0 Å². The summed E-state index contributed by atoms with van der Waals surface area (Å²) in [5.41, 5.74) is 0. The summed E-state index contributed by atoms with van der Waals surface area (Å²) in [4.78, 5) is 26.4. The Morgan fingerprint density at radius 3 is 2.91 bits per heavy atom. The molecule has 1 N–H and O–H groups in total. The molecule has 0 bridgehead atoms. The van der Waals surface area contributed by atoms with Gasteiger partial charge in [-0.1, -0.05) is 0 Å². The number of likely N-dealkylation sites (tertiary alicyclic amines) is 1. The van der Waals surface area contributed by atoms with E-state index in [2.05, 4.69) is 22.3 Å². The van der Waals surface area contributed by atoms with Gasteiger partial charge < -0.3 is 14.8 Å². The normalized spacial score (nSPS) is 18.1. The van der Waals surface area contributed by atoms with E-state index in [-0.39, 0.29) is 11.8 Å². The summed E-state index contributed by atoms with van der Waals surface area (Å²) < 4.78 is 3.46. The van der Waals surface area contributed by atoms with Crippen LogP contribution in [0, 0.1) is 0 Å². The minimum atomic E-state index is -0.00285. The summed E-state index contributed by atoms with van der Waals surface area (Å²) in [6.45, 7) is 2.23. The molecule has 2 aromatic heterocycles. The number of carbonyl (C=O) groups is 2. The first kappa shape index (κ1) is 14.8. The van der Waals surface area contributed by atoms with E-state index in [9.17, 15) is 9.59 Å². The predicted molar refractivity (Wildman–Crippen MR) is 90.9 cm³/mol. The first-order chi connectivity index (χ1) is 11.2. The molecule has 5 nitrogen and oxygen atoms in total. The summed E-state index contributed by atoms with van der Waals surface area (Å²) in [6.07, 6.45) is 9.32. The Labute approximate surface area is 139 Å². The van der Waals surface area contributed by atoms with Gasteiger partial charge in [-0.3, -0.25) is 9.59 Å². The van der Waals surface area contributed by atoms with Crippen LogP contribution < -0.4 is 5.32 Å². The van der Waals surface area contributed by atoms with E-state index in [1.807, 2.05) is 11.0 Å². The van der Waals surface area contributed by atoms with Crippen LogP contribution in [0.5, 0.6) is 0 Å². The van der Waals surface area contributed by atoms with Crippen molar-refractivity contribution in [3.63, 3.8) is 0 Å². The maximum atomic E-state index is 12.2. The van der Waals surface area contributed by atoms with Crippen molar-refractivity contribution >= 4 is 33.2 Å². The molecule has 122 valence electrons. The summed E-state index contributed by atoms with van der Waals surface area (Å²) in [6, 6.07) is 2.67. The number of aromatic nitrogens is 1. The molecule has 0 radical (unpaired) electrons. The van der Waals surface area contributed by atoms with Gasteiger partial charge in [0.05, 0.1) is 9.58 Å². The van der Waals surface area contributed by atoms with E-state index in [0.29, 0.717) is 19.0 Å². The number of amides is 2. The van der Waals surface area contributed by atoms with Gasteiger partial charge in [0.15, 0.2) is 0 Å². The Hall–Kier alpha value is -1.82. The molecule has 0 aromatic carbocycles. The van der Waals surface area contributed by atoms with Gasteiger partial charge in [0.2, 0.25) is 5.91 Å². The van der Waals surface area contributed by atoms with Crippen LogP contribution in [0.2, 0.25) is 0 Å². The third-order valence-corrected chi connectivity index (χ3v) is 5.68. The molecular formula is C17H21N3O2S. The smallest absolute Gasteiger partial charge is 0.261 e. The predicted octanol–water partition coefficient (Wildman–Crippen LogP) is 2.78. The fourth-order valence-electron chi connectivity index (χ4n) is 3.15. The molecule has 0 atom stereocenters. The highest BCUT2D eigenvalue weighted by atomic mass is 32.1. The van der Waals surface area contributed by atoms with Gasteiger partial charge in [-0.15, -0.1) is 11.3 Å². The fourth-order valence-corrected chi connectivity index (χ4v) is 4.14. The van der Waals surface area contributed by atoms with Gasteiger partial charge in [0.1, 0.15) is 0 Å². The van der Waals surface area contributed by atoms with Crippen molar-refractivity contribution in [2.24, 2.45) is 0 Å². The van der Waals surface area contributed by atoms with Crippen molar-refractivity contribution in [1.29, 1.82) is 0 Å². The molecule has 2 aromatic rings. The standard InChI is InChI=1S/C17H21N3O2S/c21-16-3-1-7-19(16)8-2-6-18-17(22)14-9-12-10-20(13-4-5-13)11-15(12)23-14/h9-11,13H,1-8H2,(H,18,22). The fraction of sp³-hybridized carbons (Fsp3) is 0.529. The Balaban J connectivity index is 1.28. The van der Waals surface area contributed by atoms with Gasteiger partial charge in [0, 0.05) is 49.9 Å². The third kappa shape index (κ3) is 3.13. The maximum Gasteiger partial charge on any atom is 0.261 e. The SMILES string of the molecule is O=C(NCCCN1CCCC1=O)c1cc2cn(C3CC3)cc2s1. The summed E-state index contributed by atoms with van der Waals surface area (Å²) in [5, 5.41) is 4.13. The van der Waals surface area contributed by atoms with Crippen LogP contribution in [0.3, 0.4) is 0 Å². The zero-order chi connectivity index (χ0) is 15.8. The van der Waals surface area contributed by atoms with Crippen LogP contribution in [-0.4, -0.2) is 40.9 Å². The Morgan fingerprint density at radius 1 is 1.35 bits per heavy atom. The number of fused-ring (bicyclic) bond motifs is 1. The second kappa shape index (κ2) is 6.00. The molecule has 1 aliphatic carbocycles. The molecule has 1 aliphatic heterocycles. The van der Waals surface area contributed by atoms with E-state index < -0.39 is 0 Å². The van der Waals surface area contributed by atoms with Crippen LogP contribution >= 0.6 is 11.3 Å². The van der Waals surface area contributed by atoms with Crippen LogP contribution in [-0.2, 0) is 4.79 Å². The van der Waals surface area contributed by atoms with Crippen LogP contribution in [0.1, 0.15) is 47.8 Å². The first-order valence-corrected chi connectivity index (χ1v) is 9.19. The largest absolute Gasteiger partial charge is 0.351 e. The minimum absolute atomic E-state index is 0.00285. The lowest BCUT2D eigenvalue weighted by Gasteiger charge is -2.15. The molecule has 1 saturated carbocycles. The van der Waals surface area contributed by atoms with Crippen LogP contribution in [0.4, 0.5) is 0 Å². The van der Waals surface area contributed by atoms with E-state index in [1.165, 1.54) is 17.5 Å². The van der Waals surface area contributed by atoms with Crippen LogP contribution in [0.25, 0.3) is 10.1 Å². The van der Waals surface area contributed by atoms with E-state index in [0.717, 1.165) is 36.2 Å². The number of hydrogen-bond donors (Lipinski definition) is 1. The van der Waals surface area contributed by atoms with Gasteiger partial charge in [-0.2, -0.15) is 0 Å². The number of hydrogen-bond acceptors (Lipinski definition) is 3. The van der Waals surface area contributed by atoms with Gasteiger partial charge in [-0.25, -0.2) is 0 Å². The second-order valence-corrected chi connectivity index (χ2v) is 7.54. The molecule has 0 unspecified atom stereocenters. The third-order valence-electron chi connectivity index (χ3n) is 4.60. The number of rotatable bonds is 6. The number of carbonyl (C=O) groups excluding carboxylic acids is 2. The topological polar surface area (TPSA) is 54.3 Å². The van der Waals surface area contributed by atoms with Crippen molar-refractivity contribution in [2.45, 2.75) is 38.1 Å². The molecule has 6 heteroatoms. The number of nitrogens with zero attached hydrogens (tertiary/aromatic N) is 2. The zero-order valence-corrected chi connectivity index (χ0v) is 13.9. The van der Waals surface area contributed by atoms with Crippen molar-refractivity contribution in [1.82, 2.24) is 14.8 Å². The lowest BCUT2D eigenvalue weighted by atomic mass is 10.3. The molecule has 1 saturated heterocycles. The molecule has 0 spiro atoms. The minimum Gasteiger partial charge on any atom is -0.351 e. The number of nitrogens with one attached hydrogen (secondary N) is 1. The average molecular weight is 331 g/mol. The maximum absolute atomic E-state index is 12.2. The quantitative estimate of drug-likeness (QED) is 0.828. The molecule has 3 heterocycles. The van der Waals surface area contributed by atoms with Crippen LogP contribution in [0.15, 0.2) is 18.5 Å². The van der Waals surface area contributed by atoms with Crippen molar-refractivity contribution in [3.05, 3.63) is 23.3 Å². The van der Waals surface area contributed by atoms with E-state index in [4.69, 9.17) is 0 Å². The lowest BCUT2D eigenvalue weighted by Crippen LogP contribution is -2.30. The molecule has 2 amide bonds. The molecular weight excluding hydrogens is 310 g/mol. The average Bonchev–Trinajstić information content (AvgIpc) is 3.00. The summed E-state index contributed by atoms with van der Waals surface area (Å²) >= 11 is 1.56. The highest BCUT2D eigenvalue weighted by molar-refractivity contribution is 7.20. The van der Waals surface area contributed by atoms with Gasteiger partial charge in [0.25, 0.3) is 5.91 Å².